The van der Waals surface area contributed by atoms with Gasteiger partial charge in [0, 0.05) is 48.8 Å². The summed E-state index contributed by atoms with van der Waals surface area (Å²) in [4.78, 5) is 50.7. The number of aliphatic hydroxyl groups is 1. The highest BCUT2D eigenvalue weighted by molar-refractivity contribution is 7.13. The Bertz CT molecular complexity index is 1900. The van der Waals surface area contributed by atoms with E-state index in [9.17, 15) is 19.5 Å². The number of nitrogens with one attached hydrogen (secondary N) is 4. The van der Waals surface area contributed by atoms with Crippen molar-refractivity contribution in [2.75, 3.05) is 11.9 Å². The van der Waals surface area contributed by atoms with Gasteiger partial charge in [-0.15, -0.1) is 11.3 Å². The lowest BCUT2D eigenvalue weighted by Gasteiger charge is -2.33. The van der Waals surface area contributed by atoms with Gasteiger partial charge in [-0.3, -0.25) is 14.4 Å². The zero-order chi connectivity index (χ0) is 38.4. The van der Waals surface area contributed by atoms with Crippen molar-refractivity contribution < 1.29 is 19.5 Å². The molecule has 4 aromatic rings. The summed E-state index contributed by atoms with van der Waals surface area (Å²) in [7, 11) is 0. The van der Waals surface area contributed by atoms with E-state index in [0.717, 1.165) is 71.0 Å². The number of Topliss-reactive ketones (excluding diaryl/α,β-unsaturated/α-hetero) is 1. The van der Waals surface area contributed by atoms with E-state index in [0.29, 0.717) is 25.9 Å². The second kappa shape index (κ2) is 17.5. The molecular formula is C41H56N8O4S. The van der Waals surface area contributed by atoms with Crippen molar-refractivity contribution in [3.63, 3.8) is 0 Å². The van der Waals surface area contributed by atoms with E-state index in [4.69, 9.17) is 4.98 Å². The molecule has 2 saturated carbocycles. The molecule has 2 fully saturated rings. The molecule has 0 radical (unpaired) electrons. The lowest BCUT2D eigenvalue weighted by Crippen LogP contribution is -2.51. The fourth-order valence-electron chi connectivity index (χ4n) is 8.04. The molecule has 1 aromatic carbocycles. The molecule has 3 aromatic heterocycles. The third-order valence-corrected chi connectivity index (χ3v) is 11.8. The van der Waals surface area contributed by atoms with Crippen molar-refractivity contribution in [2.24, 2.45) is 17.3 Å². The second-order valence-corrected chi connectivity index (χ2v) is 17.0. The van der Waals surface area contributed by atoms with E-state index in [1.165, 1.54) is 0 Å². The van der Waals surface area contributed by atoms with Crippen LogP contribution in [0, 0.1) is 24.2 Å². The predicted octanol–water partition coefficient (Wildman–Crippen LogP) is 5.62. The number of fused-ring (bicyclic) bond motifs is 1. The molecule has 12 nitrogen and oxygen atoms in total. The van der Waals surface area contributed by atoms with E-state index in [2.05, 4.69) is 44.3 Å². The first-order valence-electron chi connectivity index (χ1n) is 19.5. The van der Waals surface area contributed by atoms with Crippen LogP contribution in [0.1, 0.15) is 96.0 Å². The van der Waals surface area contributed by atoms with Crippen LogP contribution in [-0.4, -0.2) is 73.1 Å². The molecule has 0 saturated heterocycles. The van der Waals surface area contributed by atoms with Crippen molar-refractivity contribution >= 4 is 40.4 Å². The molecule has 2 aliphatic carbocycles. The summed E-state index contributed by atoms with van der Waals surface area (Å²) in [5.41, 5.74) is 6.33. The molecule has 290 valence electrons. The molecule has 13 heteroatoms. The van der Waals surface area contributed by atoms with Gasteiger partial charge in [-0.05, 0) is 75.0 Å². The Labute approximate surface area is 322 Å². The second-order valence-electron chi connectivity index (χ2n) is 16.2. The van der Waals surface area contributed by atoms with Gasteiger partial charge in [0.1, 0.15) is 5.82 Å². The summed E-state index contributed by atoms with van der Waals surface area (Å²) in [5.74, 6) is -0.513. The molecule has 6 rings (SSSR count). The van der Waals surface area contributed by atoms with Gasteiger partial charge in [-0.2, -0.15) is 9.61 Å². The van der Waals surface area contributed by atoms with E-state index in [-0.39, 0.29) is 42.5 Å². The van der Waals surface area contributed by atoms with Gasteiger partial charge in [0.15, 0.2) is 11.4 Å². The van der Waals surface area contributed by atoms with Gasteiger partial charge in [0.05, 0.1) is 40.3 Å². The summed E-state index contributed by atoms with van der Waals surface area (Å²) in [5, 5.41) is 28.4. The Morgan fingerprint density at radius 2 is 1.80 bits per heavy atom. The van der Waals surface area contributed by atoms with Crippen LogP contribution < -0.4 is 21.3 Å². The summed E-state index contributed by atoms with van der Waals surface area (Å²) in [6.07, 6.45) is 7.12. The number of hydrogen-bond acceptors (Lipinski definition) is 10. The number of ketones is 1. The average molecular weight is 757 g/mol. The smallest absolute Gasteiger partial charge is 0.224 e. The number of rotatable bonds is 16. The number of aryl methyl sites for hydroxylation is 2. The quantitative estimate of drug-likeness (QED) is 0.0914. The Morgan fingerprint density at radius 1 is 1.04 bits per heavy atom. The molecule has 0 spiro atoms. The molecule has 2 amide bonds. The summed E-state index contributed by atoms with van der Waals surface area (Å²) in [6, 6.07) is 11.8. The Kier molecular flexibility index (Phi) is 12.8. The van der Waals surface area contributed by atoms with Crippen molar-refractivity contribution in [3.8, 4) is 10.4 Å². The monoisotopic (exact) mass is 756 g/mol. The maximum absolute atomic E-state index is 14.1. The Balaban J connectivity index is 0.958. The number of anilines is 1. The molecular weight excluding hydrogens is 701 g/mol. The van der Waals surface area contributed by atoms with E-state index in [1.54, 1.807) is 17.5 Å². The first kappa shape index (κ1) is 39.5. The maximum atomic E-state index is 14.1. The number of nitrogens with zero attached hydrogens (tertiary/aromatic N) is 4. The fraction of sp³-hybridized carbons (Fsp3) is 0.561. The predicted molar refractivity (Wildman–Crippen MR) is 212 cm³/mol. The molecule has 0 bridgehead atoms. The third-order valence-electron chi connectivity index (χ3n) is 10.8. The van der Waals surface area contributed by atoms with E-state index in [1.807, 2.05) is 68.1 Å². The van der Waals surface area contributed by atoms with Crippen LogP contribution in [0.4, 0.5) is 5.82 Å². The zero-order valence-corrected chi connectivity index (χ0v) is 33.0. The number of carbonyl (C=O) groups is 3. The largest absolute Gasteiger partial charge is 0.393 e. The molecule has 6 atom stereocenters. The number of aromatic nitrogens is 4. The highest BCUT2D eigenvalue weighted by Crippen LogP contribution is 2.37. The van der Waals surface area contributed by atoms with Crippen LogP contribution in [-0.2, 0) is 27.3 Å². The van der Waals surface area contributed by atoms with Crippen molar-refractivity contribution in [3.05, 3.63) is 65.1 Å². The van der Waals surface area contributed by atoms with Gasteiger partial charge >= 0.3 is 0 Å². The minimum Gasteiger partial charge on any atom is -0.393 e. The van der Waals surface area contributed by atoms with Crippen LogP contribution in [0.2, 0.25) is 0 Å². The Morgan fingerprint density at radius 3 is 2.52 bits per heavy atom. The average Bonchev–Trinajstić information content (AvgIpc) is 3.95. The van der Waals surface area contributed by atoms with Crippen LogP contribution in [0.25, 0.3) is 16.1 Å². The van der Waals surface area contributed by atoms with Crippen molar-refractivity contribution in [1.29, 1.82) is 0 Å². The summed E-state index contributed by atoms with van der Waals surface area (Å²) >= 11 is 1.60. The minimum absolute atomic E-state index is 0.00799. The lowest BCUT2D eigenvalue weighted by atomic mass is 9.77. The van der Waals surface area contributed by atoms with Gasteiger partial charge in [0.25, 0.3) is 0 Å². The van der Waals surface area contributed by atoms with Gasteiger partial charge in [0.2, 0.25) is 11.8 Å². The SMILES string of the molecule is CCCc1cc(N[C@@H]2CC[C@@H](NC(=O)CCCNC(C(=O)C3C[C@H](O)C[C@H]3C(=O)NCc3ccc(-c4scnc4C)cc3)C(C)(C)C)C2)n2nccc2n1. The van der Waals surface area contributed by atoms with Crippen molar-refractivity contribution in [2.45, 2.75) is 123 Å². The third kappa shape index (κ3) is 9.72. The maximum Gasteiger partial charge on any atom is 0.224 e. The first-order valence-corrected chi connectivity index (χ1v) is 20.4. The molecule has 0 aliphatic heterocycles. The molecule has 5 N–H and O–H groups in total. The molecule has 2 aliphatic rings. The first-order chi connectivity index (χ1) is 25.9. The van der Waals surface area contributed by atoms with Crippen LogP contribution in [0.3, 0.4) is 0 Å². The summed E-state index contributed by atoms with van der Waals surface area (Å²) in [6.45, 7) is 11.0. The van der Waals surface area contributed by atoms with E-state index >= 15 is 0 Å². The van der Waals surface area contributed by atoms with Gasteiger partial charge in [-0.1, -0.05) is 58.4 Å². The molecule has 3 heterocycles. The van der Waals surface area contributed by atoms with Crippen LogP contribution >= 0.6 is 11.3 Å². The highest BCUT2D eigenvalue weighted by Gasteiger charge is 2.46. The van der Waals surface area contributed by atoms with Crippen molar-refractivity contribution in [1.82, 2.24) is 35.5 Å². The molecule has 2 unspecified atom stereocenters. The van der Waals surface area contributed by atoms with Crippen LogP contribution in [0.5, 0.6) is 0 Å². The van der Waals surface area contributed by atoms with Crippen LogP contribution in [0.15, 0.2) is 48.1 Å². The Hall–Kier alpha value is -4.20. The van der Waals surface area contributed by atoms with Gasteiger partial charge < -0.3 is 26.4 Å². The topological polar surface area (TPSA) is 163 Å². The normalized spacial score (nSPS) is 22.0. The summed E-state index contributed by atoms with van der Waals surface area (Å²) < 4.78 is 1.84. The standard InChI is InChI=1S/C41H56N8O4S/c1-6-8-28-20-35(49-34(46-28)16-18-45-49)47-29-14-15-30(19-29)48-36(51)9-7-17-42-39(41(3,4)5)37(52)32-21-31(50)22-33(32)40(53)43-23-26-10-12-27(13-11-26)38-25(2)44-24-54-38/h10-13,16,18,20,24,29-33,39,42,47,50H,6-9,14-15,17,19,21-23H2,1-5H3,(H,43,53)(H,48,51)/t29-,30-,31+,32?,33-,39?/m1/s1. The number of amides is 2. The number of hydrogen-bond donors (Lipinski definition) is 5. The minimum atomic E-state index is -0.707. The highest BCUT2D eigenvalue weighted by atomic mass is 32.1. The number of aliphatic hydroxyl groups excluding tert-OH is 1. The number of carbonyl (C=O) groups excluding carboxylic acids is 3. The van der Waals surface area contributed by atoms with Gasteiger partial charge in [-0.25, -0.2) is 9.97 Å². The lowest BCUT2D eigenvalue weighted by molar-refractivity contribution is -0.135. The molecule has 54 heavy (non-hydrogen) atoms. The number of thiazole rings is 1. The number of benzene rings is 1. The van der Waals surface area contributed by atoms with E-state index < -0.39 is 29.4 Å². The fourth-order valence-corrected chi connectivity index (χ4v) is 8.85. The zero-order valence-electron chi connectivity index (χ0n) is 32.2.